The molecule has 0 unspecified atom stereocenters. The van der Waals surface area contributed by atoms with Crippen molar-refractivity contribution >= 4 is 45.9 Å². The predicted molar refractivity (Wildman–Crippen MR) is 67.9 cm³/mol. The standard InChI is InChI=1S/C12H6Cl2O4/c13-9-3-6-4-10(14)8(12(17)18)2-5(6)1-7(9)11(15)16/h1-4H,(H,15,16)(H,17,18). The van der Waals surface area contributed by atoms with Crippen LogP contribution in [-0.4, -0.2) is 22.2 Å². The highest BCUT2D eigenvalue weighted by atomic mass is 35.5. The third-order valence-corrected chi connectivity index (χ3v) is 3.10. The summed E-state index contributed by atoms with van der Waals surface area (Å²) in [6.45, 7) is 0. The number of aromatic carboxylic acids is 2. The van der Waals surface area contributed by atoms with E-state index in [1.165, 1.54) is 24.3 Å². The second-order valence-electron chi connectivity index (χ2n) is 3.62. The van der Waals surface area contributed by atoms with E-state index in [0.717, 1.165) is 0 Å². The van der Waals surface area contributed by atoms with E-state index in [1.54, 1.807) is 0 Å². The average Bonchev–Trinajstić information content (AvgIpc) is 2.26. The number of hydrogen-bond acceptors (Lipinski definition) is 2. The van der Waals surface area contributed by atoms with Crippen molar-refractivity contribution in [1.82, 2.24) is 0 Å². The molecule has 2 rings (SSSR count). The number of fused-ring (bicyclic) bond motifs is 1. The molecule has 0 heterocycles. The second-order valence-corrected chi connectivity index (χ2v) is 4.44. The molecule has 0 fully saturated rings. The van der Waals surface area contributed by atoms with Gasteiger partial charge in [-0.05, 0) is 35.0 Å². The summed E-state index contributed by atoms with van der Waals surface area (Å²) in [5.41, 5.74) is -0.161. The van der Waals surface area contributed by atoms with Crippen LogP contribution >= 0.6 is 23.2 Å². The van der Waals surface area contributed by atoms with Crippen LogP contribution in [0.15, 0.2) is 24.3 Å². The maximum absolute atomic E-state index is 10.9. The maximum Gasteiger partial charge on any atom is 0.337 e. The first-order valence-corrected chi connectivity index (χ1v) is 5.55. The van der Waals surface area contributed by atoms with Gasteiger partial charge < -0.3 is 10.2 Å². The minimum Gasteiger partial charge on any atom is -0.478 e. The van der Waals surface area contributed by atoms with Gasteiger partial charge >= 0.3 is 11.9 Å². The summed E-state index contributed by atoms with van der Waals surface area (Å²) >= 11 is 11.6. The summed E-state index contributed by atoms with van der Waals surface area (Å²) in [5.74, 6) is -2.34. The quantitative estimate of drug-likeness (QED) is 0.884. The summed E-state index contributed by atoms with van der Waals surface area (Å²) in [7, 11) is 0. The number of hydrogen-bond donors (Lipinski definition) is 2. The van der Waals surface area contributed by atoms with Crippen LogP contribution in [0, 0.1) is 0 Å². The van der Waals surface area contributed by atoms with Crippen LogP contribution in [-0.2, 0) is 0 Å². The van der Waals surface area contributed by atoms with Gasteiger partial charge in [0.2, 0.25) is 0 Å². The highest BCUT2D eigenvalue weighted by Crippen LogP contribution is 2.29. The monoisotopic (exact) mass is 284 g/mol. The molecule has 2 aromatic carbocycles. The van der Waals surface area contributed by atoms with Gasteiger partial charge in [-0.15, -0.1) is 0 Å². The van der Waals surface area contributed by atoms with E-state index >= 15 is 0 Å². The first-order valence-electron chi connectivity index (χ1n) is 4.79. The molecular weight excluding hydrogens is 279 g/mol. The Hall–Kier alpha value is -1.78. The fourth-order valence-electron chi connectivity index (χ4n) is 1.62. The summed E-state index contributed by atoms with van der Waals surface area (Å²) in [6.07, 6.45) is 0. The molecule has 4 nitrogen and oxygen atoms in total. The predicted octanol–water partition coefficient (Wildman–Crippen LogP) is 3.54. The fraction of sp³-hybridized carbons (Fsp3) is 0. The van der Waals surface area contributed by atoms with Gasteiger partial charge in [0.15, 0.2) is 0 Å². The summed E-state index contributed by atoms with van der Waals surface area (Å²) in [4.78, 5) is 21.8. The Balaban J connectivity index is 2.79. The number of benzene rings is 2. The topological polar surface area (TPSA) is 74.6 Å². The lowest BCUT2D eigenvalue weighted by atomic mass is 10.0. The Morgan fingerprint density at radius 1 is 0.778 bits per heavy atom. The molecule has 0 amide bonds. The zero-order chi connectivity index (χ0) is 13.4. The molecule has 0 aliphatic heterocycles. The summed E-state index contributed by atoms with van der Waals surface area (Å²) in [5, 5.41) is 19.1. The number of rotatable bonds is 2. The first kappa shape index (κ1) is 12.7. The number of carbonyl (C=O) groups is 2. The third-order valence-electron chi connectivity index (χ3n) is 2.47. The molecule has 0 aromatic heterocycles. The van der Waals surface area contributed by atoms with Crippen LogP contribution < -0.4 is 0 Å². The minimum atomic E-state index is -1.17. The van der Waals surface area contributed by atoms with Crippen molar-refractivity contribution in [2.24, 2.45) is 0 Å². The van der Waals surface area contributed by atoms with Gasteiger partial charge in [0.1, 0.15) is 0 Å². The SMILES string of the molecule is O=C(O)c1cc2cc(C(=O)O)c(Cl)cc2cc1Cl. The molecule has 0 bridgehead atoms. The van der Waals surface area contributed by atoms with E-state index in [1.807, 2.05) is 0 Å². The molecule has 0 aliphatic rings. The molecule has 0 radical (unpaired) electrons. The van der Waals surface area contributed by atoms with Gasteiger partial charge in [0, 0.05) is 0 Å². The highest BCUT2D eigenvalue weighted by Gasteiger charge is 2.14. The van der Waals surface area contributed by atoms with Gasteiger partial charge in [-0.3, -0.25) is 0 Å². The van der Waals surface area contributed by atoms with Crippen LogP contribution in [0.5, 0.6) is 0 Å². The van der Waals surface area contributed by atoms with Crippen molar-refractivity contribution in [2.75, 3.05) is 0 Å². The molecular formula is C12H6Cl2O4. The van der Waals surface area contributed by atoms with Crippen molar-refractivity contribution in [1.29, 1.82) is 0 Å². The van der Waals surface area contributed by atoms with Gasteiger partial charge in [-0.1, -0.05) is 23.2 Å². The lowest BCUT2D eigenvalue weighted by Gasteiger charge is -2.06. The Morgan fingerprint density at radius 3 is 1.44 bits per heavy atom. The lowest BCUT2D eigenvalue weighted by molar-refractivity contribution is 0.0687. The molecule has 2 N–H and O–H groups in total. The fourth-order valence-corrected chi connectivity index (χ4v) is 2.13. The van der Waals surface area contributed by atoms with E-state index < -0.39 is 11.9 Å². The zero-order valence-corrected chi connectivity index (χ0v) is 10.3. The molecule has 92 valence electrons. The number of carboxylic acids is 2. The van der Waals surface area contributed by atoms with E-state index in [0.29, 0.717) is 10.8 Å². The van der Waals surface area contributed by atoms with Gasteiger partial charge in [0.05, 0.1) is 21.2 Å². The van der Waals surface area contributed by atoms with Crippen LogP contribution in [0.25, 0.3) is 10.8 Å². The smallest absolute Gasteiger partial charge is 0.337 e. The van der Waals surface area contributed by atoms with E-state index in [2.05, 4.69) is 0 Å². The Kier molecular flexibility index (Phi) is 3.15. The highest BCUT2D eigenvalue weighted by molar-refractivity contribution is 6.36. The molecule has 0 saturated carbocycles. The largest absolute Gasteiger partial charge is 0.478 e. The van der Waals surface area contributed by atoms with Crippen molar-refractivity contribution < 1.29 is 19.8 Å². The van der Waals surface area contributed by atoms with Crippen molar-refractivity contribution in [3.63, 3.8) is 0 Å². The Morgan fingerprint density at radius 2 is 1.11 bits per heavy atom. The van der Waals surface area contributed by atoms with Crippen molar-refractivity contribution in [2.45, 2.75) is 0 Å². The Bertz CT molecular complexity index is 625. The van der Waals surface area contributed by atoms with E-state index in [9.17, 15) is 9.59 Å². The maximum atomic E-state index is 10.9. The average molecular weight is 285 g/mol. The molecule has 6 heteroatoms. The third kappa shape index (κ3) is 2.12. The van der Waals surface area contributed by atoms with Gasteiger partial charge in [-0.2, -0.15) is 0 Å². The zero-order valence-electron chi connectivity index (χ0n) is 8.78. The lowest BCUT2D eigenvalue weighted by Crippen LogP contribution is -2.00. The summed E-state index contributed by atoms with van der Waals surface area (Å²) in [6, 6.07) is 5.53. The number of halogens is 2. The second kappa shape index (κ2) is 4.48. The van der Waals surface area contributed by atoms with Crippen LogP contribution in [0.4, 0.5) is 0 Å². The van der Waals surface area contributed by atoms with Gasteiger partial charge in [0.25, 0.3) is 0 Å². The number of carboxylic acid groups (broad SMARTS) is 2. The molecule has 2 aromatic rings. The van der Waals surface area contributed by atoms with Gasteiger partial charge in [-0.25, -0.2) is 9.59 Å². The van der Waals surface area contributed by atoms with Crippen molar-refractivity contribution in [3.05, 3.63) is 45.4 Å². The Labute approximate surface area is 111 Å². The molecule has 0 spiro atoms. The van der Waals surface area contributed by atoms with Crippen LogP contribution in [0.1, 0.15) is 20.7 Å². The van der Waals surface area contributed by atoms with Crippen molar-refractivity contribution in [3.8, 4) is 0 Å². The van der Waals surface area contributed by atoms with Crippen LogP contribution in [0.2, 0.25) is 10.0 Å². The van der Waals surface area contributed by atoms with E-state index in [-0.39, 0.29) is 21.2 Å². The van der Waals surface area contributed by atoms with Crippen LogP contribution in [0.3, 0.4) is 0 Å². The molecule has 0 aliphatic carbocycles. The minimum absolute atomic E-state index is 0.0779. The van der Waals surface area contributed by atoms with E-state index in [4.69, 9.17) is 33.4 Å². The summed E-state index contributed by atoms with van der Waals surface area (Å²) < 4.78 is 0. The molecule has 18 heavy (non-hydrogen) atoms. The molecule has 0 saturated heterocycles. The normalized spacial score (nSPS) is 10.6. The first-order chi connectivity index (χ1) is 8.40. The molecule has 0 atom stereocenters.